The van der Waals surface area contributed by atoms with Gasteiger partial charge in [0.15, 0.2) is 6.61 Å². The lowest BCUT2D eigenvalue weighted by molar-refractivity contribution is -0.131. The van der Waals surface area contributed by atoms with Crippen LogP contribution in [0.2, 0.25) is 0 Å². The molecule has 0 aliphatic rings. The fourth-order valence-electron chi connectivity index (χ4n) is 1.10. The Labute approximate surface area is 108 Å². The van der Waals surface area contributed by atoms with Crippen LogP contribution in [-0.4, -0.2) is 31.0 Å². The molecule has 17 heavy (non-hydrogen) atoms. The maximum atomic E-state index is 13.2. The lowest BCUT2D eigenvalue weighted by Gasteiger charge is -2.15. The monoisotopic (exact) mass is 304 g/mol. The smallest absolute Gasteiger partial charge is 0.260 e. The Morgan fingerprint density at radius 3 is 2.82 bits per heavy atom. The number of nitrogens with two attached hydrogens (primary N) is 1. The van der Waals surface area contributed by atoms with Crippen LogP contribution in [0.3, 0.4) is 0 Å². The zero-order valence-corrected chi connectivity index (χ0v) is 11.3. The van der Waals surface area contributed by atoms with Gasteiger partial charge in [-0.1, -0.05) is 0 Å². The summed E-state index contributed by atoms with van der Waals surface area (Å²) in [5.74, 6) is -0.496. The van der Waals surface area contributed by atoms with Crippen LogP contribution < -0.4 is 10.5 Å². The average Bonchev–Trinajstić information content (AvgIpc) is 2.30. The number of carbonyl (C=O) groups is 1. The molecule has 2 N–H and O–H groups in total. The van der Waals surface area contributed by atoms with Crippen LogP contribution in [0.15, 0.2) is 16.6 Å². The largest absolute Gasteiger partial charge is 0.482 e. The molecular formula is C11H14BrFN2O2. The van der Waals surface area contributed by atoms with Gasteiger partial charge >= 0.3 is 0 Å². The fourth-order valence-corrected chi connectivity index (χ4v) is 1.46. The first-order valence-corrected chi connectivity index (χ1v) is 5.86. The van der Waals surface area contributed by atoms with E-state index in [0.717, 1.165) is 6.07 Å². The molecule has 1 rings (SSSR count). The van der Waals surface area contributed by atoms with E-state index >= 15 is 0 Å². The Hall–Kier alpha value is -1.30. The number of anilines is 1. The number of rotatable bonds is 4. The molecule has 0 aliphatic heterocycles. The Bertz CT molecular complexity index is 426. The molecule has 0 atom stereocenters. The van der Waals surface area contributed by atoms with Gasteiger partial charge in [0.2, 0.25) is 0 Å². The molecule has 0 saturated heterocycles. The Morgan fingerprint density at radius 1 is 1.59 bits per heavy atom. The van der Waals surface area contributed by atoms with Gasteiger partial charge in [-0.25, -0.2) is 4.39 Å². The summed E-state index contributed by atoms with van der Waals surface area (Å²) in [6, 6.07) is 2.55. The molecule has 0 aliphatic carbocycles. The fraction of sp³-hybridized carbons (Fsp3) is 0.364. The predicted octanol–water partition coefficient (Wildman–Crippen LogP) is 2.03. The van der Waals surface area contributed by atoms with Crippen molar-refractivity contribution in [2.24, 2.45) is 0 Å². The van der Waals surface area contributed by atoms with Gasteiger partial charge in [-0.2, -0.15) is 0 Å². The van der Waals surface area contributed by atoms with E-state index in [1.165, 1.54) is 11.0 Å². The molecule has 1 amide bonds. The summed E-state index contributed by atoms with van der Waals surface area (Å²) in [5, 5.41) is 0. The summed E-state index contributed by atoms with van der Waals surface area (Å²) in [6.07, 6.45) is 0. The van der Waals surface area contributed by atoms with E-state index < -0.39 is 5.82 Å². The van der Waals surface area contributed by atoms with Crippen LogP contribution >= 0.6 is 15.9 Å². The standard InChI is InChI=1S/C11H14BrFN2O2/c1-3-15(2)11(16)6-17-10-5-8(13)7(12)4-9(10)14/h4-5H,3,6,14H2,1-2H3. The zero-order chi connectivity index (χ0) is 13.0. The van der Waals surface area contributed by atoms with Gasteiger partial charge in [-0.05, 0) is 28.9 Å². The quantitative estimate of drug-likeness (QED) is 0.866. The zero-order valence-electron chi connectivity index (χ0n) is 9.67. The summed E-state index contributed by atoms with van der Waals surface area (Å²) in [7, 11) is 1.66. The van der Waals surface area contributed by atoms with Crippen LogP contribution in [0.5, 0.6) is 5.75 Å². The van der Waals surface area contributed by atoms with Gasteiger partial charge in [-0.15, -0.1) is 0 Å². The third-order valence-corrected chi connectivity index (χ3v) is 2.91. The van der Waals surface area contributed by atoms with Crippen molar-refractivity contribution < 1.29 is 13.9 Å². The van der Waals surface area contributed by atoms with Crippen LogP contribution in [0.1, 0.15) is 6.92 Å². The van der Waals surface area contributed by atoms with Crippen molar-refractivity contribution in [2.45, 2.75) is 6.92 Å². The minimum Gasteiger partial charge on any atom is -0.482 e. The van der Waals surface area contributed by atoms with E-state index in [4.69, 9.17) is 10.5 Å². The number of nitrogens with zero attached hydrogens (tertiary/aromatic N) is 1. The van der Waals surface area contributed by atoms with Gasteiger partial charge < -0.3 is 15.4 Å². The Kier molecular flexibility index (Phi) is 4.74. The summed E-state index contributed by atoms with van der Waals surface area (Å²) in [6.45, 7) is 2.29. The van der Waals surface area contributed by atoms with Crippen LogP contribution in [0.4, 0.5) is 10.1 Å². The number of hydrogen-bond donors (Lipinski definition) is 1. The summed E-state index contributed by atoms with van der Waals surface area (Å²) in [4.78, 5) is 13.0. The molecular weight excluding hydrogens is 291 g/mol. The van der Waals surface area contributed by atoms with Gasteiger partial charge in [0.05, 0.1) is 10.2 Å². The Balaban J connectivity index is 2.70. The average molecular weight is 305 g/mol. The van der Waals surface area contributed by atoms with E-state index in [9.17, 15) is 9.18 Å². The minimum absolute atomic E-state index is 0.157. The molecule has 94 valence electrons. The van der Waals surface area contributed by atoms with Crippen LogP contribution in [0.25, 0.3) is 0 Å². The highest BCUT2D eigenvalue weighted by Gasteiger charge is 2.11. The highest BCUT2D eigenvalue weighted by atomic mass is 79.9. The maximum Gasteiger partial charge on any atom is 0.260 e. The topological polar surface area (TPSA) is 55.6 Å². The SMILES string of the molecule is CCN(C)C(=O)COc1cc(F)c(Br)cc1N. The molecule has 0 radical (unpaired) electrons. The van der Waals surface area contributed by atoms with Crippen molar-refractivity contribution in [1.82, 2.24) is 4.90 Å². The van der Waals surface area contributed by atoms with E-state index in [2.05, 4.69) is 15.9 Å². The number of ether oxygens (including phenoxy) is 1. The van der Waals surface area contributed by atoms with Gasteiger partial charge in [0.25, 0.3) is 5.91 Å². The summed E-state index contributed by atoms with van der Waals surface area (Å²) in [5.41, 5.74) is 5.92. The first kappa shape index (κ1) is 13.8. The third-order valence-electron chi connectivity index (χ3n) is 2.30. The van der Waals surface area contributed by atoms with Crippen molar-refractivity contribution in [1.29, 1.82) is 0 Å². The molecule has 0 bridgehead atoms. The first-order chi connectivity index (χ1) is 7.95. The number of halogens is 2. The molecule has 0 unspecified atom stereocenters. The molecule has 4 nitrogen and oxygen atoms in total. The van der Waals surface area contributed by atoms with E-state index in [1.807, 2.05) is 6.92 Å². The highest BCUT2D eigenvalue weighted by molar-refractivity contribution is 9.10. The lowest BCUT2D eigenvalue weighted by atomic mass is 10.3. The second-order valence-electron chi connectivity index (χ2n) is 3.50. The van der Waals surface area contributed by atoms with Crippen LogP contribution in [-0.2, 0) is 4.79 Å². The second kappa shape index (κ2) is 5.86. The van der Waals surface area contributed by atoms with Gasteiger partial charge in [0.1, 0.15) is 11.6 Å². The molecule has 0 saturated carbocycles. The molecule has 6 heteroatoms. The summed E-state index contributed by atoms with van der Waals surface area (Å²) < 4.78 is 18.7. The van der Waals surface area contributed by atoms with Gasteiger partial charge in [0, 0.05) is 19.7 Å². The number of hydrogen-bond acceptors (Lipinski definition) is 3. The van der Waals surface area contributed by atoms with Crippen molar-refractivity contribution in [3.05, 3.63) is 22.4 Å². The lowest BCUT2D eigenvalue weighted by Crippen LogP contribution is -2.31. The summed E-state index contributed by atoms with van der Waals surface area (Å²) >= 11 is 3.01. The number of carbonyl (C=O) groups excluding carboxylic acids is 1. The van der Waals surface area contributed by atoms with Crippen molar-refractivity contribution >= 4 is 27.5 Å². The molecule has 0 spiro atoms. The van der Waals surface area contributed by atoms with Crippen molar-refractivity contribution in [3.63, 3.8) is 0 Å². The minimum atomic E-state index is -0.481. The molecule has 1 aromatic carbocycles. The van der Waals surface area contributed by atoms with E-state index in [1.54, 1.807) is 7.05 Å². The second-order valence-corrected chi connectivity index (χ2v) is 4.36. The van der Waals surface area contributed by atoms with E-state index in [-0.39, 0.29) is 28.4 Å². The number of nitrogen functional groups attached to an aromatic ring is 1. The van der Waals surface area contributed by atoms with E-state index in [0.29, 0.717) is 6.54 Å². The molecule has 1 aromatic rings. The Morgan fingerprint density at radius 2 is 2.24 bits per heavy atom. The van der Waals surface area contributed by atoms with Gasteiger partial charge in [-0.3, -0.25) is 4.79 Å². The number of benzene rings is 1. The highest BCUT2D eigenvalue weighted by Crippen LogP contribution is 2.28. The number of likely N-dealkylation sites (N-methyl/N-ethyl adjacent to an activating group) is 1. The van der Waals surface area contributed by atoms with Crippen LogP contribution in [0, 0.1) is 5.82 Å². The van der Waals surface area contributed by atoms with Crippen molar-refractivity contribution in [3.8, 4) is 5.75 Å². The van der Waals surface area contributed by atoms with Crippen molar-refractivity contribution in [2.75, 3.05) is 25.9 Å². The molecule has 0 aromatic heterocycles. The molecule has 0 fully saturated rings. The molecule has 0 heterocycles. The predicted molar refractivity (Wildman–Crippen MR) is 67.3 cm³/mol. The first-order valence-electron chi connectivity index (χ1n) is 5.07. The number of amides is 1. The third kappa shape index (κ3) is 3.59. The maximum absolute atomic E-state index is 13.2. The normalized spacial score (nSPS) is 10.1.